The molecule has 6 aliphatic rings. The van der Waals surface area contributed by atoms with Crippen LogP contribution in [0, 0.1) is 40.9 Å². The maximum atomic E-state index is 11.9. The molecule has 6 heteroatoms. The van der Waals surface area contributed by atoms with Crippen molar-refractivity contribution >= 4 is 10.0 Å². The molecule has 1 spiro atoms. The molecule has 0 aromatic carbocycles. The number of allylic oxidation sites excluding steroid dienone is 1. The van der Waals surface area contributed by atoms with Crippen molar-refractivity contribution in [1.82, 2.24) is 4.72 Å². The summed E-state index contributed by atoms with van der Waals surface area (Å²) in [6.07, 6.45) is 13.8. The highest BCUT2D eigenvalue weighted by atomic mass is 32.2. The quantitative estimate of drug-likeness (QED) is 0.557. The molecule has 5 fully saturated rings. The van der Waals surface area contributed by atoms with E-state index >= 15 is 0 Å². The standard InChI is InChI=1S/C29H48N2O3S/c1-17-12-26-27(30-16-17)19(3)29(34-26)11-9-22-23-7-6-20-13-21(31-35(5,32)33)8-10-28(20,4)25(23)14-24(22)18(2)15-29/h17,19-23,25-27,30-31H,6-16H2,1-5H3/p+1/t17-,19+,20+,21+,22-,23-,25-,26+,27-,28-,29-/m0/s1. The Hall–Kier alpha value is -0.430. The fourth-order valence-electron chi connectivity index (χ4n) is 10.4. The summed E-state index contributed by atoms with van der Waals surface area (Å²) < 4.78 is 33.7. The van der Waals surface area contributed by atoms with E-state index in [9.17, 15) is 8.42 Å². The molecule has 2 saturated heterocycles. The zero-order chi connectivity index (χ0) is 24.8. The Bertz CT molecular complexity index is 994. The molecule has 3 saturated carbocycles. The third-order valence-corrected chi connectivity index (χ3v) is 13.0. The summed E-state index contributed by atoms with van der Waals surface area (Å²) in [6, 6.07) is 0.788. The van der Waals surface area contributed by atoms with Crippen LogP contribution in [0.2, 0.25) is 0 Å². The van der Waals surface area contributed by atoms with E-state index in [4.69, 9.17) is 4.74 Å². The molecule has 0 radical (unpaired) electrons. The van der Waals surface area contributed by atoms with Gasteiger partial charge < -0.3 is 10.1 Å². The van der Waals surface area contributed by atoms with Gasteiger partial charge in [0.2, 0.25) is 10.0 Å². The lowest BCUT2D eigenvalue weighted by atomic mass is 9.52. The Morgan fingerprint density at radius 1 is 1.09 bits per heavy atom. The number of nitrogens with two attached hydrogens (primary N) is 1. The average molecular weight is 506 g/mol. The molecule has 198 valence electrons. The fraction of sp³-hybridized carbons (Fsp3) is 0.931. The second-order valence-electron chi connectivity index (χ2n) is 14.1. The molecule has 0 amide bonds. The van der Waals surface area contributed by atoms with Crippen LogP contribution in [0.5, 0.6) is 0 Å². The Morgan fingerprint density at radius 2 is 1.89 bits per heavy atom. The molecule has 5 nitrogen and oxygen atoms in total. The van der Waals surface area contributed by atoms with Gasteiger partial charge in [-0.2, -0.15) is 0 Å². The first kappa shape index (κ1) is 24.9. The van der Waals surface area contributed by atoms with Crippen LogP contribution in [0.4, 0.5) is 0 Å². The molecule has 6 rings (SSSR count). The molecule has 11 atom stereocenters. The maximum Gasteiger partial charge on any atom is 0.208 e. The molecule has 0 bridgehead atoms. The maximum absolute atomic E-state index is 11.9. The molecule has 2 aliphatic heterocycles. The molecule has 35 heavy (non-hydrogen) atoms. The number of rotatable bonds is 2. The zero-order valence-electron chi connectivity index (χ0n) is 22.7. The monoisotopic (exact) mass is 505 g/mol. The van der Waals surface area contributed by atoms with Crippen molar-refractivity contribution in [3.8, 4) is 0 Å². The van der Waals surface area contributed by atoms with E-state index in [1.165, 1.54) is 57.7 Å². The van der Waals surface area contributed by atoms with Crippen molar-refractivity contribution in [1.29, 1.82) is 0 Å². The largest absolute Gasteiger partial charge is 0.365 e. The van der Waals surface area contributed by atoms with Crippen molar-refractivity contribution in [2.75, 3.05) is 12.8 Å². The van der Waals surface area contributed by atoms with Crippen LogP contribution < -0.4 is 10.0 Å². The molecule has 4 aliphatic carbocycles. The van der Waals surface area contributed by atoms with E-state index in [0.29, 0.717) is 29.4 Å². The number of sulfonamides is 1. The third-order valence-electron chi connectivity index (χ3n) is 12.2. The predicted octanol–water partition coefficient (Wildman–Crippen LogP) is 4.00. The van der Waals surface area contributed by atoms with Gasteiger partial charge in [-0.05, 0) is 100 Å². The summed E-state index contributed by atoms with van der Waals surface area (Å²) in [4.78, 5) is 0. The van der Waals surface area contributed by atoms with Crippen molar-refractivity contribution in [2.24, 2.45) is 40.9 Å². The first-order chi connectivity index (χ1) is 16.5. The minimum absolute atomic E-state index is 0.0588. The Kier molecular flexibility index (Phi) is 6.07. The normalized spacial score (nSPS) is 52.0. The van der Waals surface area contributed by atoms with Gasteiger partial charge in [-0.15, -0.1) is 0 Å². The van der Waals surface area contributed by atoms with Gasteiger partial charge in [0.1, 0.15) is 12.1 Å². The smallest absolute Gasteiger partial charge is 0.208 e. The van der Waals surface area contributed by atoms with Gasteiger partial charge in [0, 0.05) is 17.9 Å². The van der Waals surface area contributed by atoms with E-state index in [1.807, 2.05) is 0 Å². The second-order valence-corrected chi connectivity index (χ2v) is 15.9. The number of fused-ring (bicyclic) bond motifs is 6. The van der Waals surface area contributed by atoms with Crippen molar-refractivity contribution in [3.05, 3.63) is 11.1 Å². The predicted molar refractivity (Wildman–Crippen MR) is 139 cm³/mol. The lowest BCUT2D eigenvalue weighted by Gasteiger charge is -2.54. The number of ether oxygens (including phenoxy) is 1. The summed E-state index contributed by atoms with van der Waals surface area (Å²) >= 11 is 0. The molecule has 3 N–H and O–H groups in total. The highest BCUT2D eigenvalue weighted by Gasteiger charge is 2.60. The van der Waals surface area contributed by atoms with Gasteiger partial charge in [-0.1, -0.05) is 31.9 Å². The topological polar surface area (TPSA) is 72.0 Å². The highest BCUT2D eigenvalue weighted by molar-refractivity contribution is 7.88. The van der Waals surface area contributed by atoms with Crippen LogP contribution in [0.25, 0.3) is 0 Å². The number of piperidine rings is 1. The van der Waals surface area contributed by atoms with Crippen LogP contribution in [-0.2, 0) is 14.8 Å². The Balaban J connectivity index is 1.22. The second kappa shape index (κ2) is 8.54. The number of hydrogen-bond donors (Lipinski definition) is 2. The van der Waals surface area contributed by atoms with Crippen molar-refractivity contribution in [2.45, 2.75) is 116 Å². The van der Waals surface area contributed by atoms with Gasteiger partial charge >= 0.3 is 0 Å². The van der Waals surface area contributed by atoms with Gasteiger partial charge in [0.15, 0.2) is 0 Å². The van der Waals surface area contributed by atoms with Crippen LogP contribution in [0.3, 0.4) is 0 Å². The van der Waals surface area contributed by atoms with Crippen molar-refractivity contribution in [3.63, 3.8) is 0 Å². The van der Waals surface area contributed by atoms with Gasteiger partial charge in [0.05, 0.1) is 18.4 Å². The zero-order valence-corrected chi connectivity index (χ0v) is 23.5. The summed E-state index contributed by atoms with van der Waals surface area (Å²) in [7, 11) is -3.13. The van der Waals surface area contributed by atoms with Gasteiger partial charge in [-0.3, -0.25) is 0 Å². The number of nitrogens with one attached hydrogen (secondary N) is 1. The summed E-state index contributed by atoms with van der Waals surface area (Å²) in [5.74, 6) is 4.42. The minimum atomic E-state index is -3.13. The molecule has 2 heterocycles. The van der Waals surface area contributed by atoms with E-state index in [0.717, 1.165) is 42.9 Å². The molecule has 0 aromatic rings. The van der Waals surface area contributed by atoms with Crippen molar-refractivity contribution < 1.29 is 18.5 Å². The highest BCUT2D eigenvalue weighted by Crippen LogP contribution is 2.65. The lowest BCUT2D eigenvalue weighted by Crippen LogP contribution is -2.96. The van der Waals surface area contributed by atoms with Gasteiger partial charge in [0.25, 0.3) is 0 Å². The first-order valence-electron chi connectivity index (χ1n) is 14.7. The van der Waals surface area contributed by atoms with E-state index in [1.54, 1.807) is 11.1 Å². The minimum Gasteiger partial charge on any atom is -0.365 e. The number of hydrogen-bond acceptors (Lipinski definition) is 3. The fourth-order valence-corrected chi connectivity index (χ4v) is 11.2. The average Bonchev–Trinajstić information content (AvgIpc) is 3.23. The SMILES string of the molecule is CC1=C2C[C@H]3[C@@H](CC[C@@H]4C[C@H](NS(C)(=O)=O)CC[C@@]43C)[C@@H]2CC[C@@]2(C1)O[C@@H]1C[C@H](C)C[NH2+][C@H]1[C@H]2C. The summed E-state index contributed by atoms with van der Waals surface area (Å²) in [6.45, 7) is 11.2. The Morgan fingerprint density at radius 3 is 2.66 bits per heavy atom. The molecule has 0 unspecified atom stereocenters. The van der Waals surface area contributed by atoms with E-state index in [2.05, 4.69) is 37.7 Å². The van der Waals surface area contributed by atoms with Gasteiger partial charge in [-0.25, -0.2) is 13.1 Å². The molecular formula is C29H49N2O3S+. The third kappa shape index (κ3) is 4.08. The summed E-state index contributed by atoms with van der Waals surface area (Å²) in [5, 5.41) is 2.61. The first-order valence-corrected chi connectivity index (χ1v) is 16.6. The van der Waals surface area contributed by atoms with Crippen LogP contribution in [-0.4, -0.2) is 45.0 Å². The Labute approximate surface area is 213 Å². The van der Waals surface area contributed by atoms with Crippen LogP contribution in [0.1, 0.15) is 91.9 Å². The van der Waals surface area contributed by atoms with Crippen LogP contribution >= 0.6 is 0 Å². The van der Waals surface area contributed by atoms with E-state index in [-0.39, 0.29) is 11.6 Å². The van der Waals surface area contributed by atoms with Crippen LogP contribution in [0.15, 0.2) is 11.1 Å². The van der Waals surface area contributed by atoms with E-state index < -0.39 is 10.0 Å². The summed E-state index contributed by atoms with van der Waals surface area (Å²) in [5.41, 5.74) is 3.89. The lowest BCUT2D eigenvalue weighted by molar-refractivity contribution is -0.710. The number of quaternary nitrogens is 1. The molecular weight excluding hydrogens is 456 g/mol. The molecule has 0 aromatic heterocycles.